The van der Waals surface area contributed by atoms with E-state index < -0.39 is 0 Å². The van der Waals surface area contributed by atoms with E-state index in [1.165, 1.54) is 5.56 Å². The molecule has 2 unspecified atom stereocenters. The second-order valence-corrected chi connectivity index (χ2v) is 6.27. The highest BCUT2D eigenvalue weighted by atomic mass is 35.5. The zero-order chi connectivity index (χ0) is 15.7. The van der Waals surface area contributed by atoms with Crippen LogP contribution in [0.4, 0.5) is 0 Å². The van der Waals surface area contributed by atoms with Gasteiger partial charge in [0.1, 0.15) is 0 Å². The van der Waals surface area contributed by atoms with Crippen LogP contribution in [-0.2, 0) is 17.9 Å². The molecule has 0 radical (unpaired) electrons. The molecule has 0 N–H and O–H groups in total. The lowest BCUT2D eigenvalue weighted by molar-refractivity contribution is -0.132. The fraction of sp³-hybridized carbons (Fsp3) is 0.412. The Hall–Kier alpha value is -1.81. The molecule has 0 aliphatic heterocycles. The molecule has 0 saturated heterocycles. The summed E-state index contributed by atoms with van der Waals surface area (Å²) in [5.41, 5.74) is 2.27. The molecule has 1 aliphatic rings. The van der Waals surface area contributed by atoms with E-state index in [0.29, 0.717) is 12.5 Å². The van der Waals surface area contributed by atoms with Crippen LogP contribution in [0.15, 0.2) is 36.5 Å². The van der Waals surface area contributed by atoms with Gasteiger partial charge in [-0.15, -0.1) is 0 Å². The maximum absolute atomic E-state index is 12.6. The fourth-order valence-corrected chi connectivity index (χ4v) is 3.06. The lowest BCUT2D eigenvalue weighted by Crippen LogP contribution is -2.29. The first-order valence-electron chi connectivity index (χ1n) is 7.61. The van der Waals surface area contributed by atoms with E-state index in [1.54, 1.807) is 6.20 Å². The quantitative estimate of drug-likeness (QED) is 0.848. The molecule has 1 aromatic carbocycles. The fourth-order valence-electron chi connectivity index (χ4n) is 2.93. The molecule has 1 saturated carbocycles. The molecule has 0 spiro atoms. The molecule has 116 valence electrons. The second kappa shape index (κ2) is 6.13. The van der Waals surface area contributed by atoms with Gasteiger partial charge >= 0.3 is 0 Å². The van der Waals surface area contributed by atoms with Crippen LogP contribution in [0.2, 0.25) is 5.02 Å². The van der Waals surface area contributed by atoms with Crippen LogP contribution in [-0.4, -0.2) is 27.6 Å². The van der Waals surface area contributed by atoms with Crippen molar-refractivity contribution in [2.75, 3.05) is 7.05 Å². The van der Waals surface area contributed by atoms with Gasteiger partial charge < -0.3 is 4.90 Å². The second-order valence-electron chi connectivity index (χ2n) is 5.83. The summed E-state index contributed by atoms with van der Waals surface area (Å²) in [6.45, 7) is 3.48. The van der Waals surface area contributed by atoms with Crippen molar-refractivity contribution in [1.29, 1.82) is 0 Å². The molecule has 22 heavy (non-hydrogen) atoms. The van der Waals surface area contributed by atoms with Gasteiger partial charge in [0, 0.05) is 30.7 Å². The van der Waals surface area contributed by atoms with Gasteiger partial charge in [-0.1, -0.05) is 23.7 Å². The molecule has 1 heterocycles. The summed E-state index contributed by atoms with van der Waals surface area (Å²) >= 11 is 5.91. The predicted octanol–water partition coefficient (Wildman–Crippen LogP) is 3.32. The Morgan fingerprint density at radius 2 is 2.09 bits per heavy atom. The highest BCUT2D eigenvalue weighted by molar-refractivity contribution is 6.30. The van der Waals surface area contributed by atoms with Crippen LogP contribution in [0.3, 0.4) is 0 Å². The average Bonchev–Trinajstić information content (AvgIpc) is 3.19. The summed E-state index contributed by atoms with van der Waals surface area (Å²) in [6, 6.07) is 9.79. The third kappa shape index (κ3) is 3.02. The number of carbonyl (C=O) groups is 1. The van der Waals surface area contributed by atoms with Gasteiger partial charge in [-0.2, -0.15) is 5.10 Å². The minimum Gasteiger partial charge on any atom is -0.340 e. The minimum atomic E-state index is 0.101. The van der Waals surface area contributed by atoms with Gasteiger partial charge in [0.15, 0.2) is 0 Å². The number of nitrogens with zero attached hydrogens (tertiary/aromatic N) is 3. The number of hydrogen-bond donors (Lipinski definition) is 0. The minimum absolute atomic E-state index is 0.101. The van der Waals surface area contributed by atoms with Gasteiger partial charge in [0.05, 0.1) is 12.2 Å². The van der Waals surface area contributed by atoms with Crippen molar-refractivity contribution in [2.45, 2.75) is 32.4 Å². The van der Waals surface area contributed by atoms with Crippen molar-refractivity contribution >= 4 is 17.5 Å². The molecule has 1 fully saturated rings. The number of halogens is 1. The Kier molecular flexibility index (Phi) is 4.21. The van der Waals surface area contributed by atoms with Gasteiger partial charge in [0.2, 0.25) is 5.91 Å². The van der Waals surface area contributed by atoms with Crippen molar-refractivity contribution in [3.63, 3.8) is 0 Å². The Bertz CT molecular complexity index is 665. The zero-order valence-electron chi connectivity index (χ0n) is 12.9. The average molecular weight is 318 g/mol. The first kappa shape index (κ1) is 15.1. The third-order valence-corrected chi connectivity index (χ3v) is 4.54. The van der Waals surface area contributed by atoms with E-state index in [2.05, 4.69) is 12.0 Å². The highest BCUT2D eigenvalue weighted by Gasteiger charge is 2.45. The number of benzene rings is 1. The number of aryl methyl sites for hydroxylation is 1. The lowest BCUT2D eigenvalue weighted by atomic mass is 10.1. The summed E-state index contributed by atoms with van der Waals surface area (Å²) in [5, 5.41) is 4.98. The summed E-state index contributed by atoms with van der Waals surface area (Å²) in [7, 11) is 1.87. The SMILES string of the molecule is CCn1nccc1CN(C)C(=O)C1CC1c1ccc(Cl)cc1. The zero-order valence-corrected chi connectivity index (χ0v) is 13.6. The molecule has 1 amide bonds. The third-order valence-electron chi connectivity index (χ3n) is 4.29. The maximum Gasteiger partial charge on any atom is 0.226 e. The van der Waals surface area contributed by atoms with E-state index in [9.17, 15) is 4.79 Å². The van der Waals surface area contributed by atoms with E-state index >= 15 is 0 Å². The standard InChI is InChI=1S/C17H20ClN3O/c1-3-21-14(8-9-19-21)11-20(2)17(22)16-10-15(16)12-4-6-13(18)7-5-12/h4-9,15-16H,3,10-11H2,1-2H3. The van der Waals surface area contributed by atoms with Gasteiger partial charge in [-0.05, 0) is 43.0 Å². The van der Waals surface area contributed by atoms with Crippen LogP contribution in [0.5, 0.6) is 0 Å². The van der Waals surface area contributed by atoms with Crippen molar-refractivity contribution < 1.29 is 4.79 Å². The first-order valence-corrected chi connectivity index (χ1v) is 7.99. The molecular weight excluding hydrogens is 298 g/mol. The molecule has 2 aromatic rings. The number of hydrogen-bond acceptors (Lipinski definition) is 2. The van der Waals surface area contributed by atoms with Crippen molar-refractivity contribution in [1.82, 2.24) is 14.7 Å². The molecule has 3 rings (SSSR count). The Balaban J connectivity index is 1.62. The molecule has 1 aromatic heterocycles. The van der Waals surface area contributed by atoms with Gasteiger partial charge in [-0.25, -0.2) is 0 Å². The smallest absolute Gasteiger partial charge is 0.226 e. The van der Waals surface area contributed by atoms with Crippen LogP contribution in [0.1, 0.15) is 30.5 Å². The number of carbonyl (C=O) groups excluding carboxylic acids is 1. The van der Waals surface area contributed by atoms with Crippen LogP contribution >= 0.6 is 11.6 Å². The van der Waals surface area contributed by atoms with E-state index in [-0.39, 0.29) is 11.8 Å². The number of amides is 1. The highest BCUT2D eigenvalue weighted by Crippen LogP contribution is 2.48. The van der Waals surface area contributed by atoms with E-state index in [0.717, 1.165) is 23.7 Å². The summed E-state index contributed by atoms with van der Waals surface area (Å²) in [5.74, 6) is 0.649. The predicted molar refractivity (Wildman–Crippen MR) is 86.7 cm³/mol. The topological polar surface area (TPSA) is 38.1 Å². The first-order chi connectivity index (χ1) is 10.6. The normalized spacial score (nSPS) is 20.0. The van der Waals surface area contributed by atoms with Crippen molar-refractivity contribution in [3.8, 4) is 0 Å². The van der Waals surface area contributed by atoms with Crippen molar-refractivity contribution in [2.24, 2.45) is 5.92 Å². The summed E-state index contributed by atoms with van der Waals surface area (Å²) in [4.78, 5) is 14.4. The largest absolute Gasteiger partial charge is 0.340 e. The molecule has 5 heteroatoms. The van der Waals surface area contributed by atoms with Crippen molar-refractivity contribution in [3.05, 3.63) is 52.8 Å². The van der Waals surface area contributed by atoms with Gasteiger partial charge in [0.25, 0.3) is 0 Å². The molecule has 1 aliphatic carbocycles. The monoisotopic (exact) mass is 317 g/mol. The molecule has 2 atom stereocenters. The van der Waals surface area contributed by atoms with E-state index in [1.807, 2.05) is 47.0 Å². The maximum atomic E-state index is 12.6. The van der Waals surface area contributed by atoms with Crippen LogP contribution < -0.4 is 0 Å². The lowest BCUT2D eigenvalue weighted by Gasteiger charge is -2.18. The summed E-state index contributed by atoms with van der Waals surface area (Å²) in [6.07, 6.45) is 2.71. The van der Waals surface area contributed by atoms with Crippen LogP contribution in [0, 0.1) is 5.92 Å². The van der Waals surface area contributed by atoms with E-state index in [4.69, 9.17) is 11.6 Å². The molecule has 4 nitrogen and oxygen atoms in total. The Morgan fingerprint density at radius 3 is 2.77 bits per heavy atom. The molecular formula is C17H20ClN3O. The Morgan fingerprint density at radius 1 is 1.36 bits per heavy atom. The van der Waals surface area contributed by atoms with Crippen LogP contribution in [0.25, 0.3) is 0 Å². The molecule has 0 bridgehead atoms. The van der Waals surface area contributed by atoms with Gasteiger partial charge in [-0.3, -0.25) is 9.48 Å². The summed E-state index contributed by atoms with van der Waals surface area (Å²) < 4.78 is 1.92. The number of rotatable bonds is 5. The number of aromatic nitrogens is 2. The Labute approximate surface area is 135 Å².